The van der Waals surface area contributed by atoms with Crippen molar-refractivity contribution in [3.8, 4) is 0 Å². The zero-order valence-electron chi connectivity index (χ0n) is 11.3. The first-order valence-electron chi connectivity index (χ1n) is 6.27. The third kappa shape index (κ3) is 3.78. The lowest BCUT2D eigenvalue weighted by molar-refractivity contribution is 0.0630. The fraction of sp³-hybridized carbons (Fsp3) is 0.833. The van der Waals surface area contributed by atoms with E-state index in [-0.39, 0.29) is 5.54 Å². The molecule has 0 saturated heterocycles. The molecule has 98 valence electrons. The molecule has 0 aliphatic carbocycles. The van der Waals surface area contributed by atoms with E-state index in [1.807, 2.05) is 4.68 Å². The van der Waals surface area contributed by atoms with Crippen molar-refractivity contribution < 1.29 is 4.74 Å². The van der Waals surface area contributed by atoms with Gasteiger partial charge in [0.2, 0.25) is 0 Å². The normalized spacial score (nSPS) is 12.4. The molecule has 0 fully saturated rings. The Labute approximate surface area is 103 Å². The number of hydrogen-bond donors (Lipinski definition) is 1. The Bertz CT molecular complexity index is 331. The van der Waals surface area contributed by atoms with Gasteiger partial charge in [0.05, 0.1) is 6.61 Å². The van der Waals surface area contributed by atoms with Gasteiger partial charge in [-0.05, 0) is 26.7 Å². The SMILES string of the molecule is CCC(N)(CC)COCc1ncnn1C(C)C. The summed E-state index contributed by atoms with van der Waals surface area (Å²) in [4.78, 5) is 4.19. The maximum absolute atomic E-state index is 6.17. The Morgan fingerprint density at radius 1 is 1.41 bits per heavy atom. The molecule has 1 aromatic rings. The van der Waals surface area contributed by atoms with Crippen LogP contribution in [0.5, 0.6) is 0 Å². The van der Waals surface area contributed by atoms with Crippen molar-refractivity contribution in [3.63, 3.8) is 0 Å². The average molecular weight is 240 g/mol. The third-order valence-corrected chi connectivity index (χ3v) is 3.17. The zero-order chi connectivity index (χ0) is 12.9. The Balaban J connectivity index is 2.48. The number of hydrogen-bond acceptors (Lipinski definition) is 4. The molecule has 0 amide bonds. The molecule has 0 saturated carbocycles. The van der Waals surface area contributed by atoms with Crippen molar-refractivity contribution in [2.24, 2.45) is 5.73 Å². The third-order valence-electron chi connectivity index (χ3n) is 3.17. The summed E-state index contributed by atoms with van der Waals surface area (Å²) in [5.41, 5.74) is 5.95. The molecule has 0 bridgehead atoms. The molecule has 1 rings (SSSR count). The van der Waals surface area contributed by atoms with E-state index in [2.05, 4.69) is 37.8 Å². The molecule has 0 unspecified atom stereocenters. The summed E-state index contributed by atoms with van der Waals surface area (Å²) in [6.45, 7) is 9.35. The number of rotatable bonds is 7. The van der Waals surface area contributed by atoms with Crippen LogP contribution in [0.4, 0.5) is 0 Å². The largest absolute Gasteiger partial charge is 0.372 e. The van der Waals surface area contributed by atoms with Crippen LogP contribution in [0.1, 0.15) is 52.4 Å². The second kappa shape index (κ2) is 6.12. The summed E-state index contributed by atoms with van der Waals surface area (Å²) in [5.74, 6) is 0.856. The smallest absolute Gasteiger partial charge is 0.153 e. The van der Waals surface area contributed by atoms with Gasteiger partial charge in [-0.1, -0.05) is 13.8 Å². The zero-order valence-corrected chi connectivity index (χ0v) is 11.3. The van der Waals surface area contributed by atoms with Crippen LogP contribution in [-0.2, 0) is 11.3 Å². The highest BCUT2D eigenvalue weighted by atomic mass is 16.5. The first-order valence-corrected chi connectivity index (χ1v) is 6.27. The van der Waals surface area contributed by atoms with Crippen LogP contribution in [0.15, 0.2) is 6.33 Å². The van der Waals surface area contributed by atoms with Gasteiger partial charge in [-0.25, -0.2) is 9.67 Å². The molecule has 5 nitrogen and oxygen atoms in total. The lowest BCUT2D eigenvalue weighted by atomic mass is 9.96. The highest BCUT2D eigenvalue weighted by Gasteiger charge is 2.20. The van der Waals surface area contributed by atoms with Crippen LogP contribution in [0.25, 0.3) is 0 Å². The van der Waals surface area contributed by atoms with Crippen molar-refractivity contribution in [1.29, 1.82) is 0 Å². The van der Waals surface area contributed by atoms with Crippen molar-refractivity contribution in [1.82, 2.24) is 14.8 Å². The fourth-order valence-corrected chi connectivity index (χ4v) is 1.61. The van der Waals surface area contributed by atoms with Gasteiger partial charge in [0.1, 0.15) is 12.9 Å². The summed E-state index contributed by atoms with van der Waals surface area (Å²) in [5, 5.41) is 4.17. The minimum atomic E-state index is -0.220. The van der Waals surface area contributed by atoms with Crippen molar-refractivity contribution in [2.75, 3.05) is 6.61 Å². The molecule has 0 atom stereocenters. The molecule has 2 N–H and O–H groups in total. The summed E-state index contributed by atoms with van der Waals surface area (Å²) in [6, 6.07) is 0.302. The van der Waals surface area contributed by atoms with Crippen molar-refractivity contribution in [3.05, 3.63) is 12.2 Å². The highest BCUT2D eigenvalue weighted by molar-refractivity contribution is 4.85. The molecule has 5 heteroatoms. The topological polar surface area (TPSA) is 66.0 Å². The van der Waals surface area contributed by atoms with E-state index in [9.17, 15) is 0 Å². The number of nitrogens with two attached hydrogens (primary N) is 1. The van der Waals surface area contributed by atoms with E-state index in [0.717, 1.165) is 18.7 Å². The van der Waals surface area contributed by atoms with Gasteiger partial charge >= 0.3 is 0 Å². The van der Waals surface area contributed by atoms with Crippen LogP contribution >= 0.6 is 0 Å². The average Bonchev–Trinajstić information content (AvgIpc) is 2.77. The highest BCUT2D eigenvalue weighted by Crippen LogP contribution is 2.13. The molecule has 0 radical (unpaired) electrons. The number of ether oxygens (including phenoxy) is 1. The molecule has 0 aliphatic rings. The quantitative estimate of drug-likeness (QED) is 0.790. The van der Waals surface area contributed by atoms with Gasteiger partial charge in [0, 0.05) is 11.6 Å². The maximum atomic E-state index is 6.17. The second-order valence-electron chi connectivity index (χ2n) is 4.78. The molecule has 1 aromatic heterocycles. The van der Waals surface area contributed by atoms with Crippen LogP contribution in [-0.4, -0.2) is 26.9 Å². The minimum Gasteiger partial charge on any atom is -0.372 e. The summed E-state index contributed by atoms with van der Waals surface area (Å²) >= 11 is 0. The first kappa shape index (κ1) is 14.1. The Morgan fingerprint density at radius 2 is 2.06 bits per heavy atom. The van der Waals surface area contributed by atoms with E-state index < -0.39 is 0 Å². The number of nitrogens with zero attached hydrogens (tertiary/aromatic N) is 3. The Hall–Kier alpha value is -0.940. The van der Waals surface area contributed by atoms with Gasteiger partial charge in [0.25, 0.3) is 0 Å². The van der Waals surface area contributed by atoms with Crippen LogP contribution in [0.3, 0.4) is 0 Å². The first-order chi connectivity index (χ1) is 8.02. The lowest BCUT2D eigenvalue weighted by Crippen LogP contribution is -2.43. The molecular weight excluding hydrogens is 216 g/mol. The van der Waals surface area contributed by atoms with Crippen LogP contribution in [0, 0.1) is 0 Å². The van der Waals surface area contributed by atoms with Crippen LogP contribution in [0.2, 0.25) is 0 Å². The van der Waals surface area contributed by atoms with Crippen molar-refractivity contribution in [2.45, 2.75) is 58.7 Å². The van der Waals surface area contributed by atoms with E-state index in [4.69, 9.17) is 10.5 Å². The van der Waals surface area contributed by atoms with Gasteiger partial charge in [-0.15, -0.1) is 0 Å². The fourth-order valence-electron chi connectivity index (χ4n) is 1.61. The molecule has 0 aromatic carbocycles. The predicted octanol–water partition coefficient (Wildman–Crippen LogP) is 1.89. The van der Waals surface area contributed by atoms with Gasteiger partial charge in [-0.2, -0.15) is 5.10 Å². The van der Waals surface area contributed by atoms with E-state index in [1.54, 1.807) is 6.33 Å². The van der Waals surface area contributed by atoms with E-state index in [1.165, 1.54) is 0 Å². The standard InChI is InChI=1S/C12H24N4O/c1-5-12(13,6-2)8-17-7-11-14-9-15-16(11)10(3)4/h9-10H,5-8,13H2,1-4H3. The second-order valence-corrected chi connectivity index (χ2v) is 4.78. The van der Waals surface area contributed by atoms with E-state index >= 15 is 0 Å². The molecule has 17 heavy (non-hydrogen) atoms. The molecule has 1 heterocycles. The minimum absolute atomic E-state index is 0.220. The van der Waals surface area contributed by atoms with Crippen LogP contribution < -0.4 is 5.73 Å². The maximum Gasteiger partial charge on any atom is 0.153 e. The predicted molar refractivity (Wildman–Crippen MR) is 67.6 cm³/mol. The van der Waals surface area contributed by atoms with Gasteiger partial charge in [0.15, 0.2) is 5.82 Å². The summed E-state index contributed by atoms with van der Waals surface area (Å²) < 4.78 is 7.54. The van der Waals surface area contributed by atoms with Gasteiger partial charge in [-0.3, -0.25) is 0 Å². The molecule has 0 spiro atoms. The lowest BCUT2D eigenvalue weighted by Gasteiger charge is -2.26. The van der Waals surface area contributed by atoms with Gasteiger partial charge < -0.3 is 10.5 Å². The van der Waals surface area contributed by atoms with Crippen molar-refractivity contribution >= 4 is 0 Å². The number of aromatic nitrogens is 3. The molecule has 0 aliphatic heterocycles. The summed E-state index contributed by atoms with van der Waals surface area (Å²) in [6.07, 6.45) is 3.40. The van der Waals surface area contributed by atoms with E-state index in [0.29, 0.717) is 19.3 Å². The Morgan fingerprint density at radius 3 is 2.59 bits per heavy atom. The Kier molecular flexibility index (Phi) is 5.08. The summed E-state index contributed by atoms with van der Waals surface area (Å²) in [7, 11) is 0. The molecular formula is C12H24N4O. The monoisotopic (exact) mass is 240 g/mol.